The lowest BCUT2D eigenvalue weighted by Crippen LogP contribution is -2.50. The van der Waals surface area contributed by atoms with Crippen molar-refractivity contribution in [3.63, 3.8) is 0 Å². The number of fused-ring (bicyclic) bond motifs is 6. The van der Waals surface area contributed by atoms with E-state index in [-0.39, 0.29) is 17.8 Å². The van der Waals surface area contributed by atoms with Gasteiger partial charge in [-0.05, 0) is 204 Å². The van der Waals surface area contributed by atoms with Crippen molar-refractivity contribution < 1.29 is 47.5 Å². The molecule has 0 spiro atoms. The van der Waals surface area contributed by atoms with Crippen molar-refractivity contribution in [2.45, 2.75) is 73.5 Å². The highest BCUT2D eigenvalue weighted by Gasteiger charge is 2.30. The van der Waals surface area contributed by atoms with Gasteiger partial charge in [-0.3, -0.25) is 0 Å². The van der Waals surface area contributed by atoms with Crippen molar-refractivity contribution in [2.24, 2.45) is 0 Å². The third-order valence-corrected chi connectivity index (χ3v) is 20.7. The summed E-state index contributed by atoms with van der Waals surface area (Å²) in [7, 11) is 4.98. The predicted molar refractivity (Wildman–Crippen MR) is 474 cm³/mol. The number of hydrogen-bond donors (Lipinski definition) is 5. The van der Waals surface area contributed by atoms with Crippen molar-refractivity contribution >= 4 is 124 Å². The molecular weight excluding hydrogens is 1630 g/mol. The van der Waals surface area contributed by atoms with Crippen molar-refractivity contribution in [1.29, 1.82) is 0 Å². The molecule has 12 heterocycles. The van der Waals surface area contributed by atoms with Gasteiger partial charge in [-0.1, -0.05) is 0 Å². The van der Waals surface area contributed by atoms with Gasteiger partial charge >= 0.3 is 12.2 Å². The molecule has 0 saturated carbocycles. The quantitative estimate of drug-likeness (QED) is 0.0565. The Morgan fingerprint density at radius 2 is 0.724 bits per heavy atom. The number of halogens is 1. The summed E-state index contributed by atoms with van der Waals surface area (Å²) in [5.74, 6) is 8.42. The second kappa shape index (κ2) is 37.3. The molecule has 18 rings (SSSR count). The number of piperazine rings is 3. The lowest BCUT2D eigenvalue weighted by atomic mass is 10.1. The summed E-state index contributed by atoms with van der Waals surface area (Å²) in [6.45, 7) is 26.6. The Kier molecular flexibility index (Phi) is 25.5. The molecule has 3 fully saturated rings. The largest absolute Gasteiger partial charge is 0.495 e. The number of carbonyl (C=O) groups excluding carboxylic acids is 2. The Bertz CT molecular complexity index is 6300. The summed E-state index contributed by atoms with van der Waals surface area (Å²) in [5, 5.41) is 31.6. The maximum absolute atomic E-state index is 12.6. The number of hydrogen-bond acceptors (Lipinski definition) is 29. The Hall–Kier alpha value is -14.1. The van der Waals surface area contributed by atoms with E-state index in [0.29, 0.717) is 78.0 Å². The number of aryl methyl sites for hydroxylation is 3. The van der Waals surface area contributed by atoms with Crippen LogP contribution in [0, 0.1) is 20.8 Å². The topological polar surface area (TPSA) is 349 Å². The second-order valence-electron chi connectivity index (χ2n) is 31.0. The highest BCUT2D eigenvalue weighted by molar-refractivity contribution is 9.10. The number of anilines is 8. The van der Waals surface area contributed by atoms with Crippen LogP contribution in [0.15, 0.2) is 188 Å². The molecule has 0 bridgehead atoms. The first-order chi connectivity index (χ1) is 59.5. The third-order valence-electron chi connectivity index (χ3n) is 20.0. The fourth-order valence-electron chi connectivity index (χ4n) is 14.1. The van der Waals surface area contributed by atoms with Crippen LogP contribution in [-0.4, -0.2) is 207 Å². The minimum atomic E-state index is -0.529. The van der Waals surface area contributed by atoms with E-state index in [9.17, 15) is 9.59 Å². The van der Waals surface area contributed by atoms with Crippen molar-refractivity contribution in [3.05, 3.63) is 205 Å². The molecule has 6 aromatic carbocycles. The van der Waals surface area contributed by atoms with E-state index in [1.807, 2.05) is 202 Å². The minimum Gasteiger partial charge on any atom is -0.495 e. The number of nitrogens with one attached hydrogen (secondary N) is 5. The SMILES string of the molecule is CC(C)(C)OC(=O)N1CCNCC1.COc1c(Br)ccc2ncnc(Nc3ccc(Oc4ccn5ncnc5c4)c(C)c3)c12.COc1c(N2CCN(C(=O)OC(C)(C)C)CC2)ccc2ncnc(Nc3ccc(Oc4ccn5ncnc5c4)c(C)c3)c12.COc1c(N2CCNCC2)ccc2ncnc(Nc3ccc(Oc4ccn5ncnc5c4)c(C)c3)c12. The summed E-state index contributed by atoms with van der Waals surface area (Å²) in [6, 6.07) is 40.7. The van der Waals surface area contributed by atoms with Crippen molar-refractivity contribution in [3.8, 4) is 51.7 Å². The van der Waals surface area contributed by atoms with Crippen molar-refractivity contribution in [1.82, 2.24) is 94.1 Å². The molecule has 35 heteroatoms. The Morgan fingerprint density at radius 3 is 1.08 bits per heavy atom. The molecule has 34 nitrogen and oxygen atoms in total. The first-order valence-corrected chi connectivity index (χ1v) is 40.8. The summed E-state index contributed by atoms with van der Waals surface area (Å²) < 4.78 is 52.4. The minimum absolute atomic E-state index is 0.200. The van der Waals surface area contributed by atoms with Crippen LogP contribution in [0.5, 0.6) is 51.7 Å². The van der Waals surface area contributed by atoms with Gasteiger partial charge in [0.05, 0.1) is 69.9 Å². The number of amides is 2. The molecule has 15 aromatic rings. The molecule has 3 saturated heterocycles. The van der Waals surface area contributed by atoms with E-state index in [4.69, 9.17) is 37.9 Å². The Morgan fingerprint density at radius 1 is 0.382 bits per heavy atom. The highest BCUT2D eigenvalue weighted by Crippen LogP contribution is 2.44. The fourth-order valence-corrected chi connectivity index (χ4v) is 14.6. The number of aromatic nitrogens is 15. The molecule has 123 heavy (non-hydrogen) atoms. The monoisotopic (exact) mass is 1730 g/mol. The number of ether oxygens (including phenoxy) is 8. The summed E-state index contributed by atoms with van der Waals surface area (Å²) in [4.78, 5) is 71.6. The van der Waals surface area contributed by atoms with Crippen LogP contribution >= 0.6 is 15.9 Å². The van der Waals surface area contributed by atoms with Crippen molar-refractivity contribution in [2.75, 3.05) is 126 Å². The van der Waals surface area contributed by atoms with Crippen LogP contribution in [0.3, 0.4) is 0 Å². The van der Waals surface area contributed by atoms with Crippen LogP contribution in [0.1, 0.15) is 58.2 Å². The molecule has 3 aliphatic rings. The average molecular weight is 1730 g/mol. The van der Waals surface area contributed by atoms with Crippen LogP contribution in [0.4, 0.5) is 55.5 Å². The van der Waals surface area contributed by atoms with Gasteiger partial charge in [0.2, 0.25) is 0 Å². The van der Waals surface area contributed by atoms with Gasteiger partial charge < -0.3 is 84.1 Å². The summed E-state index contributed by atoms with van der Waals surface area (Å²) in [5.41, 5.74) is 11.1. The van der Waals surface area contributed by atoms with E-state index < -0.39 is 5.60 Å². The standard InChI is InChI=1S/C31H34N8O4.C26H26N8O2.C22H17BrN6O2.C9H18N2O2/c1-20-16-21(6-9-25(20)42-22-10-11-39-26(17-22)33-19-35-39)36-29-27-23(32-18-34-29)7-8-24(28(27)41-5)37-12-14-38(15-13-37)30(40)43-31(2,3)4;1-17-13-18(3-6-22(17)36-19-7-10-34-23(14-19)29-16-31-34)32-26-24-20(28-15-30-26)4-5-21(25(24)35-2)33-11-8-27-9-12-33;1-13-9-14(3-6-18(13)31-15-7-8-29-19(10-15)25-12-27-29)28-22-20-17(24-11-26-22)5-4-16(23)21(20)30-2;1-9(2,3)13-8(12)11-6-4-10-5-7-11/h6-11,16-19H,12-15H2,1-5H3,(H,32,34,36);3-7,10,13-16,27H,8-9,11-12H2,1-2H3,(H,28,30,32);3-12H,1-2H3,(H,24,26,28);10H,4-7H2,1-3H3. The van der Waals surface area contributed by atoms with Gasteiger partial charge in [0.15, 0.2) is 28.4 Å². The number of rotatable bonds is 17. The van der Waals surface area contributed by atoms with Gasteiger partial charge in [0, 0.05) is 132 Å². The van der Waals surface area contributed by atoms with Crippen LogP contribution < -0.4 is 64.8 Å². The second-order valence-corrected chi connectivity index (χ2v) is 31.8. The van der Waals surface area contributed by atoms with Gasteiger partial charge in [0.1, 0.15) is 107 Å². The molecule has 0 atom stereocenters. The van der Waals surface area contributed by atoms with E-state index >= 15 is 0 Å². The predicted octanol–water partition coefficient (Wildman–Crippen LogP) is 15.6. The third kappa shape index (κ3) is 20.2. The van der Waals surface area contributed by atoms with Crippen LogP contribution in [0.2, 0.25) is 0 Å². The number of carbonyl (C=O) groups is 2. The molecule has 0 aliphatic carbocycles. The normalized spacial score (nSPS) is 13.6. The van der Waals surface area contributed by atoms with Gasteiger partial charge in [-0.25, -0.2) is 68.0 Å². The van der Waals surface area contributed by atoms with E-state index in [0.717, 1.165) is 169 Å². The zero-order valence-electron chi connectivity index (χ0n) is 70.3. The maximum Gasteiger partial charge on any atom is 0.410 e. The molecule has 3 aliphatic heterocycles. The first-order valence-electron chi connectivity index (χ1n) is 40.0. The Labute approximate surface area is 717 Å². The molecule has 0 radical (unpaired) electrons. The van der Waals surface area contributed by atoms with E-state index in [1.165, 1.54) is 31.6 Å². The molecule has 9 aromatic heterocycles. The van der Waals surface area contributed by atoms with Gasteiger partial charge in [0.25, 0.3) is 0 Å². The maximum atomic E-state index is 12.6. The average Bonchev–Trinajstić information content (AvgIpc) is 1.67. The molecule has 5 N–H and O–H groups in total. The van der Waals surface area contributed by atoms with Gasteiger partial charge in [-0.2, -0.15) is 15.3 Å². The zero-order valence-corrected chi connectivity index (χ0v) is 71.8. The Balaban J connectivity index is 0.000000134. The summed E-state index contributed by atoms with van der Waals surface area (Å²) in [6.07, 6.45) is 14.1. The molecular formula is C88H95BrN24O10. The zero-order chi connectivity index (χ0) is 85.9. The summed E-state index contributed by atoms with van der Waals surface area (Å²) >= 11 is 3.53. The number of pyridine rings is 3. The fraction of sp³-hybridized carbons (Fsp3) is 0.295. The number of methoxy groups -OCH3 is 3. The number of benzene rings is 6. The van der Waals surface area contributed by atoms with Gasteiger partial charge in [-0.15, -0.1) is 0 Å². The lowest BCUT2D eigenvalue weighted by molar-refractivity contribution is 0.0223. The first kappa shape index (κ1) is 84.0. The van der Waals surface area contributed by atoms with Crippen LogP contribution in [0.25, 0.3) is 49.7 Å². The van der Waals surface area contributed by atoms with E-state index in [2.05, 4.69) is 119 Å². The molecule has 0 unspecified atom stereocenters. The molecule has 634 valence electrons. The lowest BCUT2D eigenvalue weighted by Gasteiger charge is -2.37. The molecule has 2 amide bonds. The van der Waals surface area contributed by atoms with E-state index in [1.54, 1.807) is 51.0 Å². The number of nitrogens with zero attached hydrogens (tertiary/aromatic N) is 19. The highest BCUT2D eigenvalue weighted by atomic mass is 79.9. The van der Waals surface area contributed by atoms with Crippen LogP contribution in [-0.2, 0) is 9.47 Å². The smallest absolute Gasteiger partial charge is 0.410 e.